The predicted octanol–water partition coefficient (Wildman–Crippen LogP) is 2.77. The lowest BCUT2D eigenvalue weighted by atomic mass is 9.78. The van der Waals surface area contributed by atoms with Crippen molar-refractivity contribution in [2.24, 2.45) is 5.92 Å². The van der Waals surface area contributed by atoms with Gasteiger partial charge in [0.05, 0.1) is 5.60 Å². The third-order valence-electron chi connectivity index (χ3n) is 3.77. The van der Waals surface area contributed by atoms with Gasteiger partial charge in [-0.25, -0.2) is 4.39 Å². The quantitative estimate of drug-likeness (QED) is 0.858. The average molecular weight is 238 g/mol. The summed E-state index contributed by atoms with van der Waals surface area (Å²) in [7, 11) is 0. The number of ether oxygens (including phenoxy) is 1. The third kappa shape index (κ3) is 2.50. The molecule has 0 aromatic heterocycles. The van der Waals surface area contributed by atoms with Gasteiger partial charge in [0.1, 0.15) is 5.82 Å². The summed E-state index contributed by atoms with van der Waals surface area (Å²) in [6.07, 6.45) is 1.64. The second-order valence-corrected chi connectivity index (χ2v) is 5.00. The van der Waals surface area contributed by atoms with Gasteiger partial charge >= 0.3 is 0 Å². The monoisotopic (exact) mass is 238 g/mol. The van der Waals surface area contributed by atoms with E-state index in [9.17, 15) is 9.50 Å². The fourth-order valence-corrected chi connectivity index (χ4v) is 2.40. The SMILES string of the molecule is Cc1ccc(C(C)(O)C2CCOCC2)cc1F. The lowest BCUT2D eigenvalue weighted by Crippen LogP contribution is -2.36. The van der Waals surface area contributed by atoms with Crippen LogP contribution in [0.3, 0.4) is 0 Å². The minimum absolute atomic E-state index is 0.137. The maximum atomic E-state index is 13.5. The fraction of sp³-hybridized carbons (Fsp3) is 0.571. The van der Waals surface area contributed by atoms with Crippen LogP contribution in [-0.2, 0) is 10.3 Å². The van der Waals surface area contributed by atoms with Crippen LogP contribution in [0.4, 0.5) is 4.39 Å². The van der Waals surface area contributed by atoms with Crippen molar-refractivity contribution in [2.45, 2.75) is 32.3 Å². The van der Waals surface area contributed by atoms with Crippen molar-refractivity contribution < 1.29 is 14.2 Å². The molecule has 0 radical (unpaired) electrons. The molecule has 17 heavy (non-hydrogen) atoms. The molecule has 1 unspecified atom stereocenters. The van der Waals surface area contributed by atoms with Crippen LogP contribution in [-0.4, -0.2) is 18.3 Å². The molecular formula is C14H19FO2. The second kappa shape index (κ2) is 4.75. The van der Waals surface area contributed by atoms with Gasteiger partial charge in [0.25, 0.3) is 0 Å². The number of benzene rings is 1. The van der Waals surface area contributed by atoms with Crippen molar-refractivity contribution in [3.63, 3.8) is 0 Å². The van der Waals surface area contributed by atoms with Gasteiger partial charge in [-0.3, -0.25) is 0 Å². The first-order valence-electron chi connectivity index (χ1n) is 6.08. The highest BCUT2D eigenvalue weighted by Crippen LogP contribution is 2.36. The average Bonchev–Trinajstić information content (AvgIpc) is 2.33. The minimum atomic E-state index is -0.974. The van der Waals surface area contributed by atoms with E-state index in [1.54, 1.807) is 19.9 Å². The highest BCUT2D eigenvalue weighted by atomic mass is 19.1. The van der Waals surface area contributed by atoms with Gasteiger partial charge in [0.2, 0.25) is 0 Å². The molecule has 0 saturated carbocycles. The molecule has 0 spiro atoms. The Balaban J connectivity index is 2.26. The van der Waals surface area contributed by atoms with E-state index >= 15 is 0 Å². The zero-order valence-electron chi connectivity index (χ0n) is 10.4. The predicted molar refractivity (Wildman–Crippen MR) is 64.3 cm³/mol. The smallest absolute Gasteiger partial charge is 0.126 e. The molecule has 0 aliphatic carbocycles. The van der Waals surface area contributed by atoms with Crippen LogP contribution < -0.4 is 0 Å². The molecule has 3 heteroatoms. The van der Waals surface area contributed by atoms with Gasteiger partial charge in [0.15, 0.2) is 0 Å². The lowest BCUT2D eigenvalue weighted by molar-refractivity contribution is -0.0581. The summed E-state index contributed by atoms with van der Waals surface area (Å²) in [6.45, 7) is 4.85. The van der Waals surface area contributed by atoms with E-state index < -0.39 is 5.60 Å². The number of aryl methyl sites for hydroxylation is 1. The maximum Gasteiger partial charge on any atom is 0.126 e. The topological polar surface area (TPSA) is 29.5 Å². The Bertz CT molecular complexity index is 395. The van der Waals surface area contributed by atoms with Crippen molar-refractivity contribution >= 4 is 0 Å². The van der Waals surface area contributed by atoms with Gasteiger partial charge in [-0.15, -0.1) is 0 Å². The molecule has 1 aliphatic heterocycles. The van der Waals surface area contributed by atoms with E-state index in [-0.39, 0.29) is 11.7 Å². The Morgan fingerprint density at radius 2 is 2.00 bits per heavy atom. The molecule has 2 nitrogen and oxygen atoms in total. The zero-order chi connectivity index (χ0) is 12.5. The van der Waals surface area contributed by atoms with Gasteiger partial charge < -0.3 is 9.84 Å². The molecule has 1 aromatic carbocycles. The zero-order valence-corrected chi connectivity index (χ0v) is 10.4. The van der Waals surface area contributed by atoms with E-state index in [4.69, 9.17) is 4.74 Å². The maximum absolute atomic E-state index is 13.5. The number of halogens is 1. The number of hydrogen-bond donors (Lipinski definition) is 1. The highest BCUT2D eigenvalue weighted by Gasteiger charge is 2.35. The van der Waals surface area contributed by atoms with Crippen LogP contribution in [0.15, 0.2) is 18.2 Å². The Morgan fingerprint density at radius 3 is 2.59 bits per heavy atom. The van der Waals surface area contributed by atoms with Gasteiger partial charge in [-0.1, -0.05) is 12.1 Å². The van der Waals surface area contributed by atoms with Gasteiger partial charge in [0, 0.05) is 13.2 Å². The lowest BCUT2D eigenvalue weighted by Gasteiger charge is -2.36. The summed E-state index contributed by atoms with van der Waals surface area (Å²) >= 11 is 0. The molecule has 2 rings (SSSR count). The van der Waals surface area contributed by atoms with Crippen molar-refractivity contribution in [3.8, 4) is 0 Å². The number of aliphatic hydroxyl groups is 1. The first kappa shape index (κ1) is 12.5. The van der Waals surface area contributed by atoms with E-state index in [1.165, 1.54) is 6.07 Å². The Morgan fingerprint density at radius 1 is 1.35 bits per heavy atom. The number of hydrogen-bond acceptors (Lipinski definition) is 2. The summed E-state index contributed by atoms with van der Waals surface area (Å²) in [4.78, 5) is 0. The van der Waals surface area contributed by atoms with Crippen LogP contribution in [0.2, 0.25) is 0 Å². The van der Waals surface area contributed by atoms with Crippen LogP contribution in [0.25, 0.3) is 0 Å². The molecular weight excluding hydrogens is 219 g/mol. The van der Waals surface area contributed by atoms with Crippen LogP contribution >= 0.6 is 0 Å². The number of rotatable bonds is 2. The fourth-order valence-electron chi connectivity index (χ4n) is 2.40. The molecule has 1 atom stereocenters. The van der Waals surface area contributed by atoms with E-state index in [0.717, 1.165) is 12.8 Å². The normalized spacial score (nSPS) is 21.2. The molecule has 1 aromatic rings. The van der Waals surface area contributed by atoms with E-state index in [0.29, 0.717) is 24.3 Å². The summed E-state index contributed by atoms with van der Waals surface area (Å²) in [5.74, 6) is -0.117. The van der Waals surface area contributed by atoms with Crippen molar-refractivity contribution in [1.82, 2.24) is 0 Å². The van der Waals surface area contributed by atoms with E-state index in [1.807, 2.05) is 6.07 Å². The van der Waals surface area contributed by atoms with Gasteiger partial charge in [-0.05, 0) is 49.8 Å². The van der Waals surface area contributed by atoms with Crippen molar-refractivity contribution in [2.75, 3.05) is 13.2 Å². The Labute approximate surface area is 101 Å². The first-order valence-corrected chi connectivity index (χ1v) is 6.08. The molecule has 1 fully saturated rings. The summed E-state index contributed by atoms with van der Waals surface area (Å²) in [6, 6.07) is 4.98. The second-order valence-electron chi connectivity index (χ2n) is 5.00. The molecule has 1 N–H and O–H groups in total. The van der Waals surface area contributed by atoms with Crippen LogP contribution in [0.5, 0.6) is 0 Å². The third-order valence-corrected chi connectivity index (χ3v) is 3.77. The van der Waals surface area contributed by atoms with Crippen LogP contribution in [0.1, 0.15) is 30.9 Å². The standard InChI is InChI=1S/C14H19FO2/c1-10-3-4-12(9-13(10)15)14(2,16)11-5-7-17-8-6-11/h3-4,9,11,16H,5-8H2,1-2H3. The largest absolute Gasteiger partial charge is 0.385 e. The Kier molecular flexibility index (Phi) is 3.50. The van der Waals surface area contributed by atoms with Gasteiger partial charge in [-0.2, -0.15) is 0 Å². The summed E-state index contributed by atoms with van der Waals surface area (Å²) in [5.41, 5.74) is 0.294. The van der Waals surface area contributed by atoms with Crippen molar-refractivity contribution in [3.05, 3.63) is 35.1 Å². The summed E-state index contributed by atoms with van der Waals surface area (Å²) < 4.78 is 18.8. The summed E-state index contributed by atoms with van der Waals surface area (Å²) in [5, 5.41) is 10.6. The van der Waals surface area contributed by atoms with E-state index in [2.05, 4.69) is 0 Å². The van der Waals surface area contributed by atoms with Crippen molar-refractivity contribution in [1.29, 1.82) is 0 Å². The highest BCUT2D eigenvalue weighted by molar-refractivity contribution is 5.28. The molecule has 0 amide bonds. The molecule has 1 saturated heterocycles. The molecule has 1 heterocycles. The molecule has 94 valence electrons. The Hall–Kier alpha value is -0.930. The molecule has 0 bridgehead atoms. The molecule has 1 aliphatic rings. The van der Waals surface area contributed by atoms with Crippen LogP contribution in [0, 0.1) is 18.7 Å². The minimum Gasteiger partial charge on any atom is -0.385 e. The first-order chi connectivity index (χ1) is 8.01.